The second-order valence-electron chi connectivity index (χ2n) is 5.08. The molecule has 0 saturated heterocycles. The molecule has 1 aromatic carbocycles. The predicted octanol–water partition coefficient (Wildman–Crippen LogP) is 3.82. The summed E-state index contributed by atoms with van der Waals surface area (Å²) in [6.45, 7) is 2.16. The first-order valence-electron chi connectivity index (χ1n) is 6.20. The smallest absolute Gasteiger partial charge is 0.126 e. The molecule has 1 saturated carbocycles. The maximum Gasteiger partial charge on any atom is 0.126 e. The molecule has 1 aliphatic rings. The van der Waals surface area contributed by atoms with Crippen molar-refractivity contribution in [1.82, 2.24) is 0 Å². The summed E-state index contributed by atoms with van der Waals surface area (Å²) in [5.74, 6) is 0.555. The van der Waals surface area contributed by atoms with E-state index in [0.29, 0.717) is 28.8 Å². The van der Waals surface area contributed by atoms with E-state index in [9.17, 15) is 9.50 Å². The van der Waals surface area contributed by atoms with E-state index >= 15 is 0 Å². The van der Waals surface area contributed by atoms with Crippen molar-refractivity contribution in [2.75, 3.05) is 0 Å². The molecule has 94 valence electrons. The predicted molar refractivity (Wildman–Crippen MR) is 67.6 cm³/mol. The first kappa shape index (κ1) is 12.8. The van der Waals surface area contributed by atoms with Gasteiger partial charge in [-0.25, -0.2) is 4.39 Å². The van der Waals surface area contributed by atoms with Crippen molar-refractivity contribution in [1.29, 1.82) is 0 Å². The van der Waals surface area contributed by atoms with Crippen molar-refractivity contribution in [2.24, 2.45) is 11.8 Å². The second-order valence-corrected chi connectivity index (χ2v) is 5.52. The number of rotatable bonds is 3. The lowest BCUT2D eigenvalue weighted by Crippen LogP contribution is -2.25. The molecular formula is C14H18ClFO. The second kappa shape index (κ2) is 5.36. The minimum Gasteiger partial charge on any atom is -0.392 e. The Labute approximate surface area is 107 Å². The summed E-state index contributed by atoms with van der Waals surface area (Å²) in [5, 5.41) is 10.7. The van der Waals surface area contributed by atoms with Crippen LogP contribution >= 0.6 is 11.6 Å². The van der Waals surface area contributed by atoms with Crippen molar-refractivity contribution in [3.63, 3.8) is 0 Å². The number of benzene rings is 1. The van der Waals surface area contributed by atoms with E-state index in [1.807, 2.05) is 0 Å². The van der Waals surface area contributed by atoms with Gasteiger partial charge >= 0.3 is 0 Å². The summed E-state index contributed by atoms with van der Waals surface area (Å²) in [6, 6.07) is 4.51. The normalized spacial score (nSPS) is 26.1. The van der Waals surface area contributed by atoms with Crippen LogP contribution in [0.2, 0.25) is 5.02 Å². The summed E-state index contributed by atoms with van der Waals surface area (Å²) in [6.07, 6.45) is 3.28. The lowest BCUT2D eigenvalue weighted by atomic mass is 9.88. The van der Waals surface area contributed by atoms with Crippen LogP contribution in [0.4, 0.5) is 4.39 Å². The zero-order chi connectivity index (χ0) is 12.4. The standard InChI is InChI=1S/C14H18ClFO/c1-9-3-2-4-12(9)14(17)8-10-7-11(15)5-6-13(10)16/h5-7,9,12,14,17H,2-4,8H2,1H3. The summed E-state index contributed by atoms with van der Waals surface area (Å²) in [7, 11) is 0. The van der Waals surface area contributed by atoms with E-state index in [0.717, 1.165) is 6.42 Å². The summed E-state index contributed by atoms with van der Waals surface area (Å²) >= 11 is 5.84. The van der Waals surface area contributed by atoms with Crippen LogP contribution in [0.15, 0.2) is 18.2 Å². The molecule has 0 radical (unpaired) electrons. The number of aliphatic hydroxyl groups is 1. The molecule has 3 unspecified atom stereocenters. The first-order valence-corrected chi connectivity index (χ1v) is 6.57. The van der Waals surface area contributed by atoms with Gasteiger partial charge in [0.1, 0.15) is 5.82 Å². The van der Waals surface area contributed by atoms with E-state index in [1.54, 1.807) is 6.07 Å². The Hall–Kier alpha value is -0.600. The van der Waals surface area contributed by atoms with Crippen LogP contribution in [-0.2, 0) is 6.42 Å². The lowest BCUT2D eigenvalue weighted by Gasteiger charge is -2.22. The van der Waals surface area contributed by atoms with Gasteiger partial charge in [0, 0.05) is 11.4 Å². The van der Waals surface area contributed by atoms with Crippen LogP contribution in [0.25, 0.3) is 0 Å². The van der Waals surface area contributed by atoms with Crippen LogP contribution < -0.4 is 0 Å². The minimum absolute atomic E-state index is 0.279. The maximum atomic E-state index is 13.5. The molecule has 1 aromatic rings. The molecular weight excluding hydrogens is 239 g/mol. The maximum absolute atomic E-state index is 13.5. The Balaban J connectivity index is 2.07. The van der Waals surface area contributed by atoms with E-state index in [1.165, 1.54) is 25.0 Å². The van der Waals surface area contributed by atoms with E-state index in [-0.39, 0.29) is 5.82 Å². The molecule has 1 fully saturated rings. The Kier molecular flexibility index (Phi) is 4.05. The number of aliphatic hydroxyl groups excluding tert-OH is 1. The highest BCUT2D eigenvalue weighted by Gasteiger charge is 2.30. The molecule has 3 heteroatoms. The molecule has 2 rings (SSSR count). The van der Waals surface area contributed by atoms with Gasteiger partial charge in [-0.05, 0) is 42.0 Å². The summed E-state index contributed by atoms with van der Waals surface area (Å²) in [5.41, 5.74) is 0.518. The van der Waals surface area contributed by atoms with Crippen molar-refractivity contribution in [2.45, 2.75) is 38.7 Å². The third-order valence-electron chi connectivity index (χ3n) is 3.86. The molecule has 17 heavy (non-hydrogen) atoms. The largest absolute Gasteiger partial charge is 0.392 e. The molecule has 0 amide bonds. The van der Waals surface area contributed by atoms with Crippen molar-refractivity contribution in [3.05, 3.63) is 34.6 Å². The van der Waals surface area contributed by atoms with Gasteiger partial charge in [-0.2, -0.15) is 0 Å². The Bertz CT molecular complexity index is 394. The summed E-state index contributed by atoms with van der Waals surface area (Å²) < 4.78 is 13.5. The van der Waals surface area contributed by atoms with Crippen molar-refractivity contribution in [3.8, 4) is 0 Å². The van der Waals surface area contributed by atoms with Crippen molar-refractivity contribution < 1.29 is 9.50 Å². The molecule has 3 atom stereocenters. The van der Waals surface area contributed by atoms with E-state index in [2.05, 4.69) is 6.92 Å². The molecule has 0 spiro atoms. The Morgan fingerprint density at radius 1 is 1.47 bits per heavy atom. The third kappa shape index (κ3) is 2.99. The van der Waals surface area contributed by atoms with Crippen molar-refractivity contribution >= 4 is 11.6 Å². The van der Waals surface area contributed by atoms with Gasteiger partial charge in [-0.1, -0.05) is 31.4 Å². The zero-order valence-electron chi connectivity index (χ0n) is 10.00. The molecule has 0 aliphatic heterocycles. The van der Waals surface area contributed by atoms with Crippen LogP contribution in [-0.4, -0.2) is 11.2 Å². The average molecular weight is 257 g/mol. The van der Waals surface area contributed by atoms with E-state index < -0.39 is 6.10 Å². The fraction of sp³-hybridized carbons (Fsp3) is 0.571. The van der Waals surface area contributed by atoms with Gasteiger partial charge in [0.25, 0.3) is 0 Å². The number of hydrogen-bond acceptors (Lipinski definition) is 1. The van der Waals surface area contributed by atoms with Crippen LogP contribution in [0.1, 0.15) is 31.7 Å². The van der Waals surface area contributed by atoms with Crippen LogP contribution in [0.3, 0.4) is 0 Å². The summed E-state index contributed by atoms with van der Waals surface area (Å²) in [4.78, 5) is 0. The zero-order valence-corrected chi connectivity index (χ0v) is 10.8. The quantitative estimate of drug-likeness (QED) is 0.872. The van der Waals surface area contributed by atoms with Gasteiger partial charge in [0.15, 0.2) is 0 Å². The fourth-order valence-corrected chi connectivity index (χ4v) is 3.02. The lowest BCUT2D eigenvalue weighted by molar-refractivity contribution is 0.0893. The minimum atomic E-state index is -0.458. The molecule has 0 heterocycles. The topological polar surface area (TPSA) is 20.2 Å². The molecule has 1 aliphatic carbocycles. The first-order chi connectivity index (χ1) is 8.08. The van der Waals surface area contributed by atoms with Crippen LogP contribution in [0, 0.1) is 17.7 Å². The van der Waals surface area contributed by atoms with E-state index in [4.69, 9.17) is 11.6 Å². The third-order valence-corrected chi connectivity index (χ3v) is 4.09. The van der Waals surface area contributed by atoms with Gasteiger partial charge in [-0.3, -0.25) is 0 Å². The van der Waals surface area contributed by atoms with Gasteiger partial charge in [-0.15, -0.1) is 0 Å². The van der Waals surface area contributed by atoms with Gasteiger partial charge in [0.2, 0.25) is 0 Å². The molecule has 1 N–H and O–H groups in total. The fourth-order valence-electron chi connectivity index (χ4n) is 2.82. The highest BCUT2D eigenvalue weighted by atomic mass is 35.5. The molecule has 0 aromatic heterocycles. The average Bonchev–Trinajstić information content (AvgIpc) is 2.70. The van der Waals surface area contributed by atoms with Gasteiger partial charge < -0.3 is 5.11 Å². The molecule has 0 bridgehead atoms. The molecule has 1 nitrogen and oxygen atoms in total. The monoisotopic (exact) mass is 256 g/mol. The number of halogens is 2. The van der Waals surface area contributed by atoms with Crippen LogP contribution in [0.5, 0.6) is 0 Å². The number of hydrogen-bond donors (Lipinski definition) is 1. The highest BCUT2D eigenvalue weighted by molar-refractivity contribution is 6.30. The SMILES string of the molecule is CC1CCCC1C(O)Cc1cc(Cl)ccc1F. The highest BCUT2D eigenvalue weighted by Crippen LogP contribution is 2.35. The Morgan fingerprint density at radius 3 is 2.88 bits per heavy atom. The Morgan fingerprint density at radius 2 is 2.24 bits per heavy atom. The van der Waals surface area contributed by atoms with Gasteiger partial charge in [0.05, 0.1) is 6.10 Å².